The minimum Gasteiger partial charge on any atom is -0.447 e. The Hall–Kier alpha value is -3.30. The summed E-state index contributed by atoms with van der Waals surface area (Å²) in [5, 5.41) is 11.8. The van der Waals surface area contributed by atoms with Crippen molar-refractivity contribution in [2.45, 2.75) is 26.8 Å². The maximum atomic E-state index is 13.0. The van der Waals surface area contributed by atoms with Gasteiger partial charge in [-0.3, -0.25) is 19.5 Å². The Morgan fingerprint density at radius 3 is 2.68 bits per heavy atom. The number of nitrogen functional groups attached to an aromatic ring is 1. The summed E-state index contributed by atoms with van der Waals surface area (Å²) in [7, 11) is 1.76. The van der Waals surface area contributed by atoms with Crippen molar-refractivity contribution >= 4 is 28.6 Å². The highest BCUT2D eigenvalue weighted by Gasteiger charge is 2.28. The number of hydrogen-bond acceptors (Lipinski definition) is 6. The predicted molar refractivity (Wildman–Crippen MR) is 105 cm³/mol. The van der Waals surface area contributed by atoms with Crippen LogP contribution in [0.25, 0.3) is 22.2 Å². The number of hydrogen-bond donors (Lipinski definition) is 2. The minimum atomic E-state index is -0.399. The van der Waals surface area contributed by atoms with Gasteiger partial charge in [-0.05, 0) is 12.8 Å². The van der Waals surface area contributed by atoms with E-state index in [4.69, 9.17) is 10.5 Å². The van der Waals surface area contributed by atoms with Gasteiger partial charge in [-0.25, -0.2) is 4.79 Å². The van der Waals surface area contributed by atoms with Crippen molar-refractivity contribution in [3.63, 3.8) is 0 Å². The van der Waals surface area contributed by atoms with Crippen LogP contribution in [0.2, 0.25) is 0 Å². The Labute approximate surface area is 160 Å². The summed E-state index contributed by atoms with van der Waals surface area (Å²) < 4.78 is 8.32. The van der Waals surface area contributed by atoms with Crippen LogP contribution in [0.15, 0.2) is 17.1 Å². The number of anilines is 2. The van der Waals surface area contributed by atoms with Crippen molar-refractivity contribution in [1.29, 1.82) is 0 Å². The van der Waals surface area contributed by atoms with Gasteiger partial charge < -0.3 is 15.0 Å². The molecule has 0 aromatic carbocycles. The highest BCUT2D eigenvalue weighted by atomic mass is 16.6. The number of fused-ring (bicyclic) bond motifs is 1. The van der Waals surface area contributed by atoms with Gasteiger partial charge in [-0.2, -0.15) is 10.2 Å². The van der Waals surface area contributed by atoms with E-state index in [-0.39, 0.29) is 23.3 Å². The number of cyclic esters (lactones) is 1. The van der Waals surface area contributed by atoms with E-state index in [1.54, 1.807) is 28.6 Å². The lowest BCUT2D eigenvalue weighted by molar-refractivity contribution is 0.181. The molecule has 3 aromatic heterocycles. The molecule has 1 aliphatic rings. The van der Waals surface area contributed by atoms with Gasteiger partial charge in [-0.1, -0.05) is 13.8 Å². The molecule has 1 atom stereocenters. The molecule has 28 heavy (non-hydrogen) atoms. The van der Waals surface area contributed by atoms with Gasteiger partial charge in [0.2, 0.25) is 0 Å². The van der Waals surface area contributed by atoms with E-state index in [1.165, 1.54) is 4.90 Å². The molecule has 3 N–H and O–H groups in total. The molecule has 4 rings (SSSR count). The second-order valence-corrected chi connectivity index (χ2v) is 7.38. The number of ether oxygens (including phenoxy) is 1. The maximum absolute atomic E-state index is 13.0. The van der Waals surface area contributed by atoms with Crippen molar-refractivity contribution in [3.8, 4) is 11.3 Å². The van der Waals surface area contributed by atoms with Crippen LogP contribution in [0.5, 0.6) is 0 Å². The van der Waals surface area contributed by atoms with E-state index in [1.807, 2.05) is 6.92 Å². The van der Waals surface area contributed by atoms with Gasteiger partial charge in [0, 0.05) is 30.9 Å². The van der Waals surface area contributed by atoms with Crippen molar-refractivity contribution < 1.29 is 9.53 Å². The number of aromatic nitrogens is 5. The number of pyridine rings is 1. The molecule has 0 bridgehead atoms. The van der Waals surface area contributed by atoms with Crippen molar-refractivity contribution in [2.75, 3.05) is 23.8 Å². The number of nitrogens with zero attached hydrogens (tertiary/aromatic N) is 5. The molecule has 1 saturated heterocycles. The monoisotopic (exact) mass is 385 g/mol. The highest BCUT2D eigenvalue weighted by molar-refractivity contribution is 5.98. The smallest absolute Gasteiger partial charge is 0.415 e. The average molecular weight is 385 g/mol. The summed E-state index contributed by atoms with van der Waals surface area (Å²) in [6.45, 7) is 6.91. The Morgan fingerprint density at radius 2 is 2.04 bits per heavy atom. The summed E-state index contributed by atoms with van der Waals surface area (Å²) in [5.41, 5.74) is 7.61. The third-order valence-electron chi connectivity index (χ3n) is 5.35. The topological polar surface area (TPSA) is 124 Å². The van der Waals surface area contributed by atoms with E-state index < -0.39 is 6.09 Å². The van der Waals surface area contributed by atoms with Gasteiger partial charge in [0.1, 0.15) is 17.8 Å². The molecular formula is C18H23N7O3. The molecule has 1 amide bonds. The summed E-state index contributed by atoms with van der Waals surface area (Å²) in [6, 6.07) is 1.76. The average Bonchev–Trinajstić information content (AvgIpc) is 3.34. The fourth-order valence-electron chi connectivity index (χ4n) is 3.42. The molecule has 1 unspecified atom stereocenters. The number of rotatable bonds is 4. The maximum Gasteiger partial charge on any atom is 0.415 e. The lowest BCUT2D eigenvalue weighted by Gasteiger charge is -2.20. The Morgan fingerprint density at radius 1 is 1.29 bits per heavy atom. The van der Waals surface area contributed by atoms with Crippen LogP contribution >= 0.6 is 0 Å². The van der Waals surface area contributed by atoms with E-state index in [9.17, 15) is 9.59 Å². The number of aromatic amines is 1. The number of nitrogens with two attached hydrogens (primary N) is 1. The first-order chi connectivity index (χ1) is 13.3. The zero-order chi connectivity index (χ0) is 20.2. The number of nitrogens with one attached hydrogen (secondary N) is 1. The Bertz CT molecular complexity index is 1120. The quantitative estimate of drug-likeness (QED) is 0.707. The summed E-state index contributed by atoms with van der Waals surface area (Å²) in [6.07, 6.45) is 1.38. The van der Waals surface area contributed by atoms with Crippen molar-refractivity contribution in [3.05, 3.63) is 22.6 Å². The lowest BCUT2D eigenvalue weighted by Crippen LogP contribution is -2.26. The fraction of sp³-hybridized carbons (Fsp3) is 0.444. The van der Waals surface area contributed by atoms with Crippen LogP contribution in [0.3, 0.4) is 0 Å². The number of aryl methyl sites for hydroxylation is 1. The van der Waals surface area contributed by atoms with Crippen LogP contribution in [0, 0.1) is 5.92 Å². The van der Waals surface area contributed by atoms with Crippen molar-refractivity contribution in [2.24, 2.45) is 13.0 Å². The van der Waals surface area contributed by atoms with Crippen LogP contribution in [-0.2, 0) is 11.8 Å². The first-order valence-corrected chi connectivity index (χ1v) is 9.17. The van der Waals surface area contributed by atoms with E-state index in [2.05, 4.69) is 29.1 Å². The summed E-state index contributed by atoms with van der Waals surface area (Å²) in [4.78, 5) is 26.5. The largest absolute Gasteiger partial charge is 0.447 e. The van der Waals surface area contributed by atoms with Crippen LogP contribution < -0.4 is 16.2 Å². The number of carbonyl (C=O) groups is 1. The minimum absolute atomic E-state index is 0.0401. The predicted octanol–water partition coefficient (Wildman–Crippen LogP) is 1.88. The molecule has 1 aliphatic heterocycles. The second-order valence-electron chi connectivity index (χ2n) is 7.38. The molecule has 4 heterocycles. The Balaban J connectivity index is 1.93. The molecule has 0 spiro atoms. The standard InChI is InChI=1S/C18H23N7O3/c1-9(2)10(3)25-8-11(15-14(17(25)26)16(19)21-20-15)12-7-13(23(4)22-12)24-5-6-28-18(24)27/h7-10H,5-6H2,1-4H3,(H3,19,20,21). The third kappa shape index (κ3) is 2.63. The molecule has 0 saturated carbocycles. The first-order valence-electron chi connectivity index (χ1n) is 9.17. The van der Waals surface area contributed by atoms with E-state index in [0.29, 0.717) is 41.1 Å². The zero-order valence-electron chi connectivity index (χ0n) is 16.3. The second kappa shape index (κ2) is 6.39. The summed E-state index contributed by atoms with van der Waals surface area (Å²) >= 11 is 0. The van der Waals surface area contributed by atoms with Crippen LogP contribution in [0.1, 0.15) is 26.8 Å². The SMILES string of the molecule is CC(C)C(C)n1cc(-c2cc(N3CCOC3=O)n(C)n2)c2[nH]nc(N)c2c1=O. The number of H-pyrrole nitrogens is 1. The molecule has 148 valence electrons. The van der Waals surface area contributed by atoms with E-state index in [0.717, 1.165) is 0 Å². The van der Waals surface area contributed by atoms with Gasteiger partial charge >= 0.3 is 6.09 Å². The van der Waals surface area contributed by atoms with Crippen molar-refractivity contribution in [1.82, 2.24) is 24.5 Å². The van der Waals surface area contributed by atoms with Crippen LogP contribution in [0.4, 0.5) is 16.4 Å². The fourth-order valence-corrected chi connectivity index (χ4v) is 3.42. The molecule has 10 nitrogen and oxygen atoms in total. The Kier molecular flexibility index (Phi) is 4.13. The molecule has 1 fully saturated rings. The third-order valence-corrected chi connectivity index (χ3v) is 5.35. The zero-order valence-corrected chi connectivity index (χ0v) is 16.3. The van der Waals surface area contributed by atoms with Crippen LogP contribution in [-0.4, -0.2) is 43.8 Å². The first kappa shape index (κ1) is 18.1. The highest BCUT2D eigenvalue weighted by Crippen LogP contribution is 2.31. The number of carbonyl (C=O) groups excluding carboxylic acids is 1. The van der Waals surface area contributed by atoms with E-state index >= 15 is 0 Å². The number of amides is 1. The van der Waals surface area contributed by atoms with Gasteiger partial charge in [0.05, 0.1) is 17.8 Å². The molecule has 0 radical (unpaired) electrons. The molecular weight excluding hydrogens is 362 g/mol. The normalized spacial score (nSPS) is 15.6. The molecule has 3 aromatic rings. The van der Waals surface area contributed by atoms with Gasteiger partial charge in [0.15, 0.2) is 5.82 Å². The lowest BCUT2D eigenvalue weighted by atomic mass is 10.0. The van der Waals surface area contributed by atoms with Gasteiger partial charge in [-0.15, -0.1) is 0 Å². The molecule has 0 aliphatic carbocycles. The molecule has 10 heteroatoms. The van der Waals surface area contributed by atoms with Gasteiger partial charge in [0.25, 0.3) is 5.56 Å². The summed E-state index contributed by atoms with van der Waals surface area (Å²) in [5.74, 6) is 1.02.